The molecule has 18 heavy (non-hydrogen) atoms. The molecule has 0 amide bonds. The summed E-state index contributed by atoms with van der Waals surface area (Å²) in [5.41, 5.74) is 1.29. The lowest BCUT2D eigenvalue weighted by atomic mass is 9.92. The van der Waals surface area contributed by atoms with Gasteiger partial charge in [0.25, 0.3) is 0 Å². The highest BCUT2D eigenvalue weighted by Gasteiger charge is 2.17. The summed E-state index contributed by atoms with van der Waals surface area (Å²) in [6, 6.07) is 0. The highest BCUT2D eigenvalue weighted by molar-refractivity contribution is 5.31. The minimum absolute atomic E-state index is 0.630. The van der Waals surface area contributed by atoms with Crippen LogP contribution < -0.4 is 10.2 Å². The predicted molar refractivity (Wildman–Crippen MR) is 69.9 cm³/mol. The fourth-order valence-corrected chi connectivity index (χ4v) is 2.62. The average Bonchev–Trinajstić information content (AvgIpc) is 2.49. The van der Waals surface area contributed by atoms with E-state index in [1.807, 2.05) is 12.4 Å². The van der Waals surface area contributed by atoms with Crippen LogP contribution in [0.3, 0.4) is 0 Å². The molecule has 5 heteroatoms. The molecule has 0 aromatic carbocycles. The number of aromatic nitrogens is 2. The van der Waals surface area contributed by atoms with Crippen molar-refractivity contribution in [2.45, 2.75) is 18.8 Å². The van der Waals surface area contributed by atoms with Crippen LogP contribution in [0.2, 0.25) is 0 Å². The number of nitrogens with one attached hydrogen (secondary N) is 1. The lowest BCUT2D eigenvalue weighted by molar-refractivity contribution is 0.122. The first-order chi connectivity index (χ1) is 8.93. The largest absolute Gasteiger partial charge is 0.378 e. The molecular weight excluding hydrogens is 228 g/mol. The van der Waals surface area contributed by atoms with Crippen molar-refractivity contribution in [3.8, 4) is 0 Å². The summed E-state index contributed by atoms with van der Waals surface area (Å²) in [6.07, 6.45) is 6.40. The van der Waals surface area contributed by atoms with E-state index in [0.29, 0.717) is 5.92 Å². The van der Waals surface area contributed by atoms with E-state index in [1.165, 1.54) is 18.4 Å². The molecule has 0 bridgehead atoms. The van der Waals surface area contributed by atoms with Gasteiger partial charge >= 0.3 is 0 Å². The molecule has 5 nitrogen and oxygen atoms in total. The van der Waals surface area contributed by atoms with Gasteiger partial charge in [0, 0.05) is 25.5 Å². The smallest absolute Gasteiger partial charge is 0.225 e. The van der Waals surface area contributed by atoms with Gasteiger partial charge in [0.15, 0.2) is 0 Å². The van der Waals surface area contributed by atoms with Gasteiger partial charge in [-0.05, 0) is 37.4 Å². The van der Waals surface area contributed by atoms with E-state index in [-0.39, 0.29) is 0 Å². The zero-order chi connectivity index (χ0) is 12.2. The molecule has 1 aromatic rings. The third-order valence-electron chi connectivity index (χ3n) is 3.76. The van der Waals surface area contributed by atoms with Crippen molar-refractivity contribution in [2.75, 3.05) is 44.3 Å². The van der Waals surface area contributed by atoms with Crippen LogP contribution in [0, 0.1) is 0 Å². The maximum Gasteiger partial charge on any atom is 0.225 e. The van der Waals surface area contributed by atoms with E-state index < -0.39 is 0 Å². The zero-order valence-corrected chi connectivity index (χ0v) is 10.6. The maximum atomic E-state index is 5.34. The average molecular weight is 248 g/mol. The number of nitrogens with zero attached hydrogens (tertiary/aromatic N) is 3. The number of piperidine rings is 1. The number of hydrogen-bond donors (Lipinski definition) is 1. The monoisotopic (exact) mass is 248 g/mol. The molecule has 2 saturated heterocycles. The molecule has 0 radical (unpaired) electrons. The van der Waals surface area contributed by atoms with Crippen LogP contribution in [-0.2, 0) is 4.74 Å². The normalized spacial score (nSPS) is 22.1. The molecule has 1 N–H and O–H groups in total. The molecule has 2 aliphatic rings. The van der Waals surface area contributed by atoms with Gasteiger partial charge in [-0.15, -0.1) is 0 Å². The highest BCUT2D eigenvalue weighted by atomic mass is 16.5. The summed E-state index contributed by atoms with van der Waals surface area (Å²) in [5, 5.41) is 3.38. The Morgan fingerprint density at radius 2 is 1.78 bits per heavy atom. The van der Waals surface area contributed by atoms with Crippen molar-refractivity contribution in [3.63, 3.8) is 0 Å². The van der Waals surface area contributed by atoms with Crippen LogP contribution >= 0.6 is 0 Å². The number of rotatable bonds is 2. The van der Waals surface area contributed by atoms with Gasteiger partial charge in [-0.25, -0.2) is 9.97 Å². The summed E-state index contributed by atoms with van der Waals surface area (Å²) >= 11 is 0. The van der Waals surface area contributed by atoms with Crippen molar-refractivity contribution < 1.29 is 4.74 Å². The molecule has 0 aliphatic carbocycles. The molecule has 3 heterocycles. The Hall–Kier alpha value is -1.20. The van der Waals surface area contributed by atoms with Crippen molar-refractivity contribution in [2.24, 2.45) is 0 Å². The summed E-state index contributed by atoms with van der Waals surface area (Å²) < 4.78 is 5.34. The third-order valence-corrected chi connectivity index (χ3v) is 3.76. The molecule has 0 saturated carbocycles. The summed E-state index contributed by atoms with van der Waals surface area (Å²) in [4.78, 5) is 11.2. The highest BCUT2D eigenvalue weighted by Crippen LogP contribution is 2.24. The first-order valence-corrected chi connectivity index (χ1v) is 6.79. The van der Waals surface area contributed by atoms with Gasteiger partial charge in [0.05, 0.1) is 13.2 Å². The second-order valence-corrected chi connectivity index (χ2v) is 4.94. The SMILES string of the molecule is c1nc(N2CCOCC2)ncc1C1CCNCC1. The molecule has 3 rings (SSSR count). The van der Waals surface area contributed by atoms with Gasteiger partial charge < -0.3 is 15.0 Å². The molecule has 0 atom stereocenters. The number of anilines is 1. The lowest BCUT2D eigenvalue weighted by Gasteiger charge is -2.27. The minimum Gasteiger partial charge on any atom is -0.378 e. The van der Waals surface area contributed by atoms with Crippen LogP contribution in [-0.4, -0.2) is 49.4 Å². The standard InChI is InChI=1S/C13H20N4O/c1-3-14-4-2-11(1)12-9-15-13(16-10-12)17-5-7-18-8-6-17/h9-11,14H,1-8H2. The first kappa shape index (κ1) is 11.9. The molecule has 0 spiro atoms. The Balaban J connectivity index is 1.67. The molecule has 2 aliphatic heterocycles. The molecule has 0 unspecified atom stereocenters. The topological polar surface area (TPSA) is 50.3 Å². The quantitative estimate of drug-likeness (QED) is 0.838. The van der Waals surface area contributed by atoms with Crippen LogP contribution in [0.5, 0.6) is 0 Å². The van der Waals surface area contributed by atoms with E-state index in [2.05, 4.69) is 20.2 Å². The Morgan fingerprint density at radius 3 is 2.44 bits per heavy atom. The van der Waals surface area contributed by atoms with Crippen LogP contribution in [0.4, 0.5) is 5.95 Å². The van der Waals surface area contributed by atoms with Crippen molar-refractivity contribution in [1.82, 2.24) is 15.3 Å². The van der Waals surface area contributed by atoms with Gasteiger partial charge in [0.2, 0.25) is 5.95 Å². The van der Waals surface area contributed by atoms with E-state index >= 15 is 0 Å². The minimum atomic E-state index is 0.630. The van der Waals surface area contributed by atoms with Crippen LogP contribution in [0.15, 0.2) is 12.4 Å². The third kappa shape index (κ3) is 2.62. The van der Waals surface area contributed by atoms with E-state index in [9.17, 15) is 0 Å². The van der Waals surface area contributed by atoms with Gasteiger partial charge in [-0.1, -0.05) is 0 Å². The summed E-state index contributed by atoms with van der Waals surface area (Å²) in [5.74, 6) is 1.47. The van der Waals surface area contributed by atoms with Crippen LogP contribution in [0.1, 0.15) is 24.3 Å². The molecule has 2 fully saturated rings. The van der Waals surface area contributed by atoms with E-state index in [4.69, 9.17) is 4.74 Å². The summed E-state index contributed by atoms with van der Waals surface area (Å²) in [6.45, 7) is 5.56. The number of morpholine rings is 1. The van der Waals surface area contributed by atoms with Crippen molar-refractivity contribution in [3.05, 3.63) is 18.0 Å². The Bertz CT molecular complexity index is 332. The van der Waals surface area contributed by atoms with E-state index in [0.717, 1.165) is 45.3 Å². The Morgan fingerprint density at radius 1 is 1.11 bits per heavy atom. The molecular formula is C13H20N4O. The number of ether oxygens (including phenoxy) is 1. The van der Waals surface area contributed by atoms with Crippen LogP contribution in [0.25, 0.3) is 0 Å². The predicted octanol–water partition coefficient (Wildman–Crippen LogP) is 0.780. The van der Waals surface area contributed by atoms with Gasteiger partial charge in [-0.3, -0.25) is 0 Å². The lowest BCUT2D eigenvalue weighted by Crippen LogP contribution is -2.37. The maximum absolute atomic E-state index is 5.34. The van der Waals surface area contributed by atoms with Gasteiger partial charge in [-0.2, -0.15) is 0 Å². The fraction of sp³-hybridized carbons (Fsp3) is 0.692. The van der Waals surface area contributed by atoms with Crippen molar-refractivity contribution in [1.29, 1.82) is 0 Å². The first-order valence-electron chi connectivity index (χ1n) is 6.79. The number of hydrogen-bond acceptors (Lipinski definition) is 5. The zero-order valence-electron chi connectivity index (χ0n) is 10.6. The Kier molecular flexibility index (Phi) is 3.71. The molecule has 1 aromatic heterocycles. The van der Waals surface area contributed by atoms with Gasteiger partial charge in [0.1, 0.15) is 0 Å². The van der Waals surface area contributed by atoms with Crippen molar-refractivity contribution >= 4 is 5.95 Å². The second kappa shape index (κ2) is 5.63. The second-order valence-electron chi connectivity index (χ2n) is 4.94. The van der Waals surface area contributed by atoms with E-state index in [1.54, 1.807) is 0 Å². The summed E-state index contributed by atoms with van der Waals surface area (Å²) in [7, 11) is 0. The Labute approximate surface area is 108 Å². The molecule has 98 valence electrons. The fourth-order valence-electron chi connectivity index (χ4n) is 2.62.